The summed E-state index contributed by atoms with van der Waals surface area (Å²) in [5.41, 5.74) is 5.36. The molecule has 6 atom stereocenters. The third-order valence-electron chi connectivity index (χ3n) is 7.54. The van der Waals surface area contributed by atoms with E-state index in [2.05, 4.69) is 15.2 Å². The lowest BCUT2D eigenvalue weighted by Crippen LogP contribution is -2.45. The van der Waals surface area contributed by atoms with Gasteiger partial charge in [-0.1, -0.05) is 25.1 Å². The third-order valence-corrected chi connectivity index (χ3v) is 9.09. The number of aromatic nitrogens is 3. The molecule has 14 heteroatoms. The highest BCUT2D eigenvalue weighted by Gasteiger charge is 2.54. The number of para-hydroxylation sites is 1. The van der Waals surface area contributed by atoms with Crippen molar-refractivity contribution in [3.05, 3.63) is 54.5 Å². The highest BCUT2D eigenvalue weighted by Crippen LogP contribution is 2.48. The highest BCUT2D eigenvalue weighted by molar-refractivity contribution is 7.52. The Kier molecular flexibility index (Phi) is 8.65. The molecule has 1 aromatic carbocycles. The van der Waals surface area contributed by atoms with Crippen LogP contribution in [0.2, 0.25) is 0 Å². The maximum absolute atomic E-state index is 14.1. The van der Waals surface area contributed by atoms with Gasteiger partial charge in [0.15, 0.2) is 5.82 Å². The maximum Gasteiger partial charge on any atom is 0.459 e. The predicted octanol–water partition coefficient (Wildman–Crippen LogP) is 2.92. The lowest BCUT2D eigenvalue weighted by Gasteiger charge is -2.30. The zero-order valence-corrected chi connectivity index (χ0v) is 23.9. The van der Waals surface area contributed by atoms with E-state index in [1.54, 1.807) is 49.4 Å². The summed E-state index contributed by atoms with van der Waals surface area (Å²) in [6.45, 7) is 2.83. The SMILES string of the molecule is CC[C@H](N[P@](=O)(OC[C@@]1(C)O[C@@H](c2ccc3c(N)ncnn23)[C@H](O)[C@@H]1O)Oc1ccccc1)C(=O)OC1CCCC1. The summed E-state index contributed by atoms with van der Waals surface area (Å²) in [4.78, 5) is 16.9. The number of nitrogen functional groups attached to an aromatic ring is 1. The molecular formula is C27H36N5O8P. The molecule has 3 heterocycles. The first-order valence-corrected chi connectivity index (χ1v) is 15.3. The molecule has 2 aliphatic rings. The minimum absolute atomic E-state index is 0.168. The molecule has 222 valence electrons. The second-order valence-electron chi connectivity index (χ2n) is 10.6. The van der Waals surface area contributed by atoms with E-state index in [-0.39, 0.29) is 24.1 Å². The van der Waals surface area contributed by atoms with Crippen LogP contribution in [0.5, 0.6) is 5.75 Å². The van der Waals surface area contributed by atoms with E-state index in [1.807, 2.05) is 0 Å². The van der Waals surface area contributed by atoms with Gasteiger partial charge in [-0.05, 0) is 63.3 Å². The van der Waals surface area contributed by atoms with E-state index in [1.165, 1.54) is 17.8 Å². The number of carbonyl (C=O) groups is 1. The van der Waals surface area contributed by atoms with Crippen LogP contribution in [0, 0.1) is 0 Å². The maximum atomic E-state index is 14.1. The first-order valence-electron chi connectivity index (χ1n) is 13.7. The minimum atomic E-state index is -4.25. The second-order valence-corrected chi connectivity index (χ2v) is 12.3. The van der Waals surface area contributed by atoms with Gasteiger partial charge in [0.1, 0.15) is 53.7 Å². The quantitative estimate of drug-likeness (QED) is 0.190. The second kappa shape index (κ2) is 12.0. The van der Waals surface area contributed by atoms with Crippen molar-refractivity contribution < 1.29 is 38.1 Å². The van der Waals surface area contributed by atoms with Crippen LogP contribution in [-0.4, -0.2) is 67.3 Å². The van der Waals surface area contributed by atoms with Crippen LogP contribution in [0.4, 0.5) is 5.82 Å². The first kappa shape index (κ1) is 29.4. The fourth-order valence-corrected chi connectivity index (χ4v) is 6.85. The molecule has 0 unspecified atom stereocenters. The Morgan fingerprint density at radius 1 is 1.24 bits per heavy atom. The molecule has 13 nitrogen and oxygen atoms in total. The van der Waals surface area contributed by atoms with Crippen molar-refractivity contribution in [2.24, 2.45) is 0 Å². The third kappa shape index (κ3) is 6.25. The van der Waals surface area contributed by atoms with E-state index in [0.29, 0.717) is 11.2 Å². The highest BCUT2D eigenvalue weighted by atomic mass is 31.2. The summed E-state index contributed by atoms with van der Waals surface area (Å²) in [6, 6.07) is 10.8. The molecule has 2 aromatic heterocycles. The fraction of sp³-hybridized carbons (Fsp3) is 0.519. The molecule has 1 aliphatic carbocycles. The average Bonchev–Trinajstić information content (AvgIpc) is 3.68. The molecule has 0 bridgehead atoms. The van der Waals surface area contributed by atoms with Gasteiger partial charge in [0.25, 0.3) is 0 Å². The van der Waals surface area contributed by atoms with Crippen molar-refractivity contribution in [3.63, 3.8) is 0 Å². The average molecular weight is 590 g/mol. The topological polar surface area (TPSA) is 180 Å². The van der Waals surface area contributed by atoms with Gasteiger partial charge in [-0.3, -0.25) is 9.32 Å². The standard InChI is InChI=1S/C27H36N5O8P/c1-3-19(26(35)38-17-9-7-8-10-17)31-41(36,40-18-11-5-4-6-12-18)37-15-27(2)24(34)22(33)23(39-27)20-13-14-21-25(28)29-16-30-32(20)21/h4-6,11-14,16-17,19,22-24,33-34H,3,7-10,15H2,1-2H3,(H,31,36)(H2,28,29,30)/t19-,22-,23-,24-,27+,41-/m0/s1. The zero-order chi connectivity index (χ0) is 29.2. The number of carbonyl (C=O) groups excluding carboxylic acids is 1. The molecule has 5 N–H and O–H groups in total. The van der Waals surface area contributed by atoms with Crippen LogP contribution in [-0.2, 0) is 23.4 Å². The number of fused-ring (bicyclic) bond motifs is 1. The molecular weight excluding hydrogens is 553 g/mol. The molecule has 0 amide bonds. The molecule has 3 aromatic rings. The lowest BCUT2D eigenvalue weighted by molar-refractivity contribution is -0.151. The molecule has 2 fully saturated rings. The number of esters is 1. The number of nitrogens with zero attached hydrogens (tertiary/aromatic N) is 3. The predicted molar refractivity (Wildman–Crippen MR) is 148 cm³/mol. The Morgan fingerprint density at radius 2 is 1.98 bits per heavy atom. The van der Waals surface area contributed by atoms with Crippen LogP contribution in [0.25, 0.3) is 5.52 Å². The number of nitrogens with two attached hydrogens (primary N) is 1. The number of hydrogen-bond acceptors (Lipinski definition) is 11. The normalized spacial score (nSPS) is 27.1. The van der Waals surface area contributed by atoms with Crippen LogP contribution < -0.4 is 15.3 Å². The molecule has 1 aliphatic heterocycles. The molecule has 1 saturated heterocycles. The number of rotatable bonds is 11. The first-order chi connectivity index (χ1) is 19.6. The van der Waals surface area contributed by atoms with Crippen molar-refractivity contribution in [2.75, 3.05) is 12.3 Å². The summed E-state index contributed by atoms with van der Waals surface area (Å²) in [7, 11) is -4.25. The van der Waals surface area contributed by atoms with E-state index < -0.39 is 50.3 Å². The van der Waals surface area contributed by atoms with Gasteiger partial charge in [-0.25, -0.2) is 14.1 Å². The summed E-state index contributed by atoms with van der Waals surface area (Å²) in [5.74, 6) is -0.0530. The van der Waals surface area contributed by atoms with Crippen LogP contribution >= 0.6 is 7.75 Å². The summed E-state index contributed by atoms with van der Waals surface area (Å²) < 4.78 is 39.0. The summed E-state index contributed by atoms with van der Waals surface area (Å²) >= 11 is 0. The van der Waals surface area contributed by atoms with Gasteiger partial charge in [0, 0.05) is 0 Å². The number of benzene rings is 1. The number of ether oxygens (including phenoxy) is 2. The van der Waals surface area contributed by atoms with Crippen molar-refractivity contribution >= 4 is 25.1 Å². The monoisotopic (exact) mass is 589 g/mol. The largest absolute Gasteiger partial charge is 0.461 e. The number of anilines is 1. The van der Waals surface area contributed by atoms with Gasteiger partial charge in [0.2, 0.25) is 0 Å². The molecule has 0 radical (unpaired) electrons. The van der Waals surface area contributed by atoms with Gasteiger partial charge < -0.3 is 29.9 Å². The number of aliphatic hydroxyl groups is 2. The van der Waals surface area contributed by atoms with Gasteiger partial charge in [-0.2, -0.15) is 10.2 Å². The zero-order valence-electron chi connectivity index (χ0n) is 23.0. The van der Waals surface area contributed by atoms with Gasteiger partial charge >= 0.3 is 13.7 Å². The Balaban J connectivity index is 1.35. The van der Waals surface area contributed by atoms with E-state index in [0.717, 1.165) is 25.7 Å². The van der Waals surface area contributed by atoms with Crippen molar-refractivity contribution in [1.29, 1.82) is 0 Å². The summed E-state index contributed by atoms with van der Waals surface area (Å²) in [5, 5.41) is 28.9. The molecule has 41 heavy (non-hydrogen) atoms. The van der Waals surface area contributed by atoms with Crippen LogP contribution in [0.1, 0.15) is 57.7 Å². The van der Waals surface area contributed by atoms with E-state index >= 15 is 0 Å². The number of nitrogens with one attached hydrogen (secondary N) is 1. The minimum Gasteiger partial charge on any atom is -0.461 e. The van der Waals surface area contributed by atoms with E-state index in [9.17, 15) is 19.6 Å². The fourth-order valence-electron chi connectivity index (χ4n) is 5.18. The lowest BCUT2D eigenvalue weighted by atomic mass is 9.97. The molecule has 0 spiro atoms. The van der Waals surface area contributed by atoms with Gasteiger partial charge in [0.05, 0.1) is 12.3 Å². The Labute approximate surface area is 237 Å². The van der Waals surface area contributed by atoms with Crippen molar-refractivity contribution in [1.82, 2.24) is 19.7 Å². The Hall–Kier alpha value is -3.06. The smallest absolute Gasteiger partial charge is 0.459 e. The van der Waals surface area contributed by atoms with Gasteiger partial charge in [-0.15, -0.1) is 0 Å². The number of hydrogen-bond donors (Lipinski definition) is 4. The van der Waals surface area contributed by atoms with Crippen LogP contribution in [0.3, 0.4) is 0 Å². The van der Waals surface area contributed by atoms with Crippen molar-refractivity contribution in [3.8, 4) is 5.75 Å². The summed E-state index contributed by atoms with van der Waals surface area (Å²) in [6.07, 6.45) is 1.13. The van der Waals surface area contributed by atoms with E-state index in [4.69, 9.17) is 24.3 Å². The number of aliphatic hydroxyl groups excluding tert-OH is 2. The van der Waals surface area contributed by atoms with Crippen LogP contribution in [0.15, 0.2) is 48.8 Å². The van der Waals surface area contributed by atoms with Crippen molar-refractivity contribution in [2.45, 2.75) is 82.0 Å². The Morgan fingerprint density at radius 3 is 2.68 bits per heavy atom. The molecule has 1 saturated carbocycles. The Bertz CT molecular complexity index is 1400. The molecule has 5 rings (SSSR count).